The summed E-state index contributed by atoms with van der Waals surface area (Å²) in [4.78, 5) is 12.8. The number of benzene rings is 2. The molecular formula is C22H17ClN4O2. The number of hydrogen-bond acceptors (Lipinski definition) is 5. The van der Waals surface area contributed by atoms with Crippen LogP contribution in [-0.4, -0.2) is 30.7 Å². The highest BCUT2D eigenvalue weighted by atomic mass is 35.5. The van der Waals surface area contributed by atoms with Crippen molar-refractivity contribution in [2.75, 3.05) is 0 Å². The third-order valence-electron chi connectivity index (χ3n) is 5.45. The fourth-order valence-electron chi connectivity index (χ4n) is 4.08. The van der Waals surface area contributed by atoms with Crippen LogP contribution in [0, 0.1) is 6.92 Å². The number of aromatic nitrogens is 4. The number of nitrogens with zero attached hydrogens (tertiary/aromatic N) is 4. The molecule has 1 aliphatic carbocycles. The number of fused-ring (bicyclic) bond motifs is 3. The summed E-state index contributed by atoms with van der Waals surface area (Å²) in [6.07, 6.45) is 0.834. The van der Waals surface area contributed by atoms with Crippen LogP contribution in [0.15, 0.2) is 48.5 Å². The predicted molar refractivity (Wildman–Crippen MR) is 109 cm³/mol. The van der Waals surface area contributed by atoms with Crippen molar-refractivity contribution in [2.24, 2.45) is 0 Å². The summed E-state index contributed by atoms with van der Waals surface area (Å²) in [6.45, 7) is 1.91. The van der Waals surface area contributed by atoms with Gasteiger partial charge in [0, 0.05) is 17.4 Å². The minimum Gasteiger partial charge on any atom is -0.508 e. The highest BCUT2D eigenvalue weighted by molar-refractivity contribution is 6.30. The molecule has 0 spiro atoms. The smallest absolute Gasteiger partial charge is 0.185 e. The minimum atomic E-state index is -0.132. The molecule has 0 radical (unpaired) electrons. The highest BCUT2D eigenvalue weighted by Gasteiger charge is 2.32. The monoisotopic (exact) mass is 404 g/mol. The fourth-order valence-corrected chi connectivity index (χ4v) is 4.21. The van der Waals surface area contributed by atoms with Gasteiger partial charge in [0.05, 0.1) is 17.0 Å². The van der Waals surface area contributed by atoms with Crippen LogP contribution in [0.25, 0.3) is 16.8 Å². The highest BCUT2D eigenvalue weighted by Crippen LogP contribution is 2.37. The molecule has 0 bridgehead atoms. The lowest BCUT2D eigenvalue weighted by Gasteiger charge is -2.23. The molecule has 6 nitrogen and oxygen atoms in total. The van der Waals surface area contributed by atoms with Gasteiger partial charge in [-0.25, -0.2) is 4.52 Å². The van der Waals surface area contributed by atoms with Crippen molar-refractivity contribution in [3.05, 3.63) is 76.2 Å². The van der Waals surface area contributed by atoms with Gasteiger partial charge < -0.3 is 5.11 Å². The molecule has 1 unspecified atom stereocenters. The Kier molecular flexibility index (Phi) is 4.10. The minimum absolute atomic E-state index is 0.0879. The summed E-state index contributed by atoms with van der Waals surface area (Å²) in [5.74, 6) is -0.0207. The van der Waals surface area contributed by atoms with Crippen LogP contribution in [0.5, 0.6) is 5.75 Å². The fraction of sp³-hybridized carbons (Fsp3) is 0.182. The first kappa shape index (κ1) is 17.8. The van der Waals surface area contributed by atoms with Gasteiger partial charge in [0.1, 0.15) is 5.75 Å². The molecule has 0 amide bonds. The topological polar surface area (TPSA) is 80.4 Å². The van der Waals surface area contributed by atoms with Crippen LogP contribution in [-0.2, 0) is 6.42 Å². The van der Waals surface area contributed by atoms with Crippen LogP contribution in [0.4, 0.5) is 0 Å². The lowest BCUT2D eigenvalue weighted by atomic mass is 9.83. The molecule has 0 saturated heterocycles. The number of Topliss-reactive ketones (excluding diaryl/α,β-unsaturated/α-hetero) is 1. The lowest BCUT2D eigenvalue weighted by Crippen LogP contribution is -2.24. The Morgan fingerprint density at radius 1 is 1.07 bits per heavy atom. The van der Waals surface area contributed by atoms with Gasteiger partial charge in [-0.2, -0.15) is 5.10 Å². The number of ketones is 1. The van der Waals surface area contributed by atoms with Gasteiger partial charge in [-0.15, -0.1) is 10.2 Å². The first-order chi connectivity index (χ1) is 14.0. The Bertz CT molecular complexity index is 1260. The quantitative estimate of drug-likeness (QED) is 0.536. The second-order valence-electron chi connectivity index (χ2n) is 7.29. The molecule has 0 aliphatic heterocycles. The lowest BCUT2D eigenvalue weighted by molar-refractivity contribution is 0.0955. The summed E-state index contributed by atoms with van der Waals surface area (Å²) >= 11 is 6.02. The largest absolute Gasteiger partial charge is 0.508 e. The average Bonchev–Trinajstić information content (AvgIpc) is 3.05. The molecule has 4 aromatic rings. The zero-order valence-corrected chi connectivity index (χ0v) is 16.4. The van der Waals surface area contributed by atoms with Crippen molar-refractivity contribution in [1.82, 2.24) is 19.8 Å². The number of aryl methyl sites for hydroxylation is 1. The number of hydrogen-bond donors (Lipinski definition) is 1. The summed E-state index contributed by atoms with van der Waals surface area (Å²) in [5, 5.41) is 24.2. The molecular weight excluding hydrogens is 388 g/mol. The van der Waals surface area contributed by atoms with Crippen molar-refractivity contribution in [1.29, 1.82) is 0 Å². The maximum absolute atomic E-state index is 12.8. The molecule has 2 aromatic heterocycles. The number of carbonyl (C=O) groups is 1. The summed E-state index contributed by atoms with van der Waals surface area (Å²) < 4.78 is 1.73. The standard InChI is InChI=1S/C22H17ClN4O2/c1-12-20(13-6-8-15(23)9-7-13)22-25-24-21-17(27(22)26-12)10-14(11-19(21)29)16-4-2-3-5-18(16)28/h2-9,14,28H,10-11H2,1H3. The van der Waals surface area contributed by atoms with Gasteiger partial charge in [-0.05, 0) is 42.7 Å². The Balaban J connectivity index is 1.67. The van der Waals surface area contributed by atoms with Gasteiger partial charge >= 0.3 is 0 Å². The maximum atomic E-state index is 12.8. The van der Waals surface area contributed by atoms with Crippen LogP contribution in [0.3, 0.4) is 0 Å². The van der Waals surface area contributed by atoms with E-state index in [2.05, 4.69) is 15.3 Å². The Labute approximate surface area is 171 Å². The van der Waals surface area contributed by atoms with E-state index in [0.717, 1.165) is 28.1 Å². The number of phenolic OH excluding ortho intramolecular Hbond substituents is 1. The first-order valence-corrected chi connectivity index (χ1v) is 9.72. The summed E-state index contributed by atoms with van der Waals surface area (Å²) in [5.41, 5.74) is 5.06. The number of phenols is 1. The first-order valence-electron chi connectivity index (χ1n) is 9.35. The molecule has 0 saturated carbocycles. The van der Waals surface area contributed by atoms with Gasteiger partial charge in [-0.1, -0.05) is 41.9 Å². The van der Waals surface area contributed by atoms with Crippen LogP contribution < -0.4 is 0 Å². The van der Waals surface area contributed by atoms with E-state index in [1.54, 1.807) is 16.6 Å². The van der Waals surface area contributed by atoms with Gasteiger partial charge in [0.2, 0.25) is 0 Å². The van der Waals surface area contributed by atoms with Crippen molar-refractivity contribution in [3.8, 4) is 16.9 Å². The van der Waals surface area contributed by atoms with Crippen molar-refractivity contribution < 1.29 is 9.90 Å². The van der Waals surface area contributed by atoms with E-state index in [-0.39, 0.29) is 23.9 Å². The van der Waals surface area contributed by atoms with Crippen molar-refractivity contribution in [3.63, 3.8) is 0 Å². The van der Waals surface area contributed by atoms with Crippen molar-refractivity contribution in [2.45, 2.75) is 25.7 Å². The molecule has 1 N–H and O–H groups in total. The van der Waals surface area contributed by atoms with E-state index < -0.39 is 0 Å². The molecule has 29 heavy (non-hydrogen) atoms. The number of carbonyl (C=O) groups excluding carboxylic acids is 1. The zero-order valence-electron chi connectivity index (χ0n) is 15.6. The van der Waals surface area contributed by atoms with Crippen LogP contribution in [0.2, 0.25) is 5.02 Å². The Hall–Kier alpha value is -3.25. The van der Waals surface area contributed by atoms with Gasteiger partial charge in [-0.3, -0.25) is 4.79 Å². The summed E-state index contributed by atoms with van der Waals surface area (Å²) in [6, 6.07) is 14.6. The number of halogens is 1. The Morgan fingerprint density at radius 2 is 1.83 bits per heavy atom. The second kappa shape index (κ2) is 6.67. The molecule has 1 aliphatic rings. The predicted octanol–water partition coefficient (Wildman–Crippen LogP) is 4.37. The molecule has 1 atom stereocenters. The third kappa shape index (κ3) is 2.87. The van der Waals surface area contributed by atoms with E-state index in [1.165, 1.54) is 0 Å². The molecule has 144 valence electrons. The van der Waals surface area contributed by atoms with E-state index in [1.807, 2.05) is 43.3 Å². The molecule has 2 heterocycles. The van der Waals surface area contributed by atoms with Crippen molar-refractivity contribution >= 4 is 23.0 Å². The van der Waals surface area contributed by atoms with Crippen LogP contribution in [0.1, 0.15) is 39.8 Å². The second-order valence-corrected chi connectivity index (χ2v) is 7.72. The number of rotatable bonds is 2. The van der Waals surface area contributed by atoms with Gasteiger partial charge in [0.25, 0.3) is 0 Å². The summed E-state index contributed by atoms with van der Waals surface area (Å²) in [7, 11) is 0. The van der Waals surface area contributed by atoms with E-state index in [9.17, 15) is 9.90 Å². The Morgan fingerprint density at radius 3 is 2.59 bits per heavy atom. The maximum Gasteiger partial charge on any atom is 0.185 e. The third-order valence-corrected chi connectivity index (χ3v) is 5.71. The zero-order chi connectivity index (χ0) is 20.1. The molecule has 2 aromatic carbocycles. The average molecular weight is 405 g/mol. The van der Waals surface area contributed by atoms with E-state index in [4.69, 9.17) is 11.6 Å². The number of aromatic hydroxyl groups is 1. The molecule has 7 heteroatoms. The van der Waals surface area contributed by atoms with E-state index >= 15 is 0 Å². The van der Waals surface area contributed by atoms with Gasteiger partial charge in [0.15, 0.2) is 17.1 Å². The SMILES string of the molecule is Cc1nn2c3c(nnc2c1-c1ccc(Cl)cc1)C(=O)CC(c1ccccc1O)C3. The molecule has 0 fully saturated rings. The van der Waals surface area contributed by atoms with E-state index in [0.29, 0.717) is 22.8 Å². The van der Waals surface area contributed by atoms with Crippen LogP contribution >= 0.6 is 11.6 Å². The number of para-hydroxylation sites is 1. The molecule has 5 rings (SSSR count). The normalized spacial score (nSPS) is 16.2.